The summed E-state index contributed by atoms with van der Waals surface area (Å²) in [5.41, 5.74) is 3.99. The lowest BCUT2D eigenvalue weighted by atomic mass is 10.1. The molecule has 0 spiro atoms. The highest BCUT2D eigenvalue weighted by atomic mass is 32.1. The average Bonchev–Trinajstić information content (AvgIpc) is 3.32. The zero-order chi connectivity index (χ0) is 21.0. The van der Waals surface area contributed by atoms with Crippen molar-refractivity contribution < 1.29 is 14.3 Å². The number of aromatic nitrogens is 1. The summed E-state index contributed by atoms with van der Waals surface area (Å²) in [6.45, 7) is 4.50. The zero-order valence-corrected chi connectivity index (χ0v) is 18.1. The molecular weight excluding hydrogens is 384 g/mol. The Morgan fingerprint density at radius 2 is 1.83 bits per heavy atom. The van der Waals surface area contributed by atoms with Crippen LogP contribution < -0.4 is 4.90 Å². The number of Topliss-reactive ketones (excluding diaryl/α,β-unsaturated/α-hetero) is 1. The molecule has 3 rings (SSSR count). The van der Waals surface area contributed by atoms with Gasteiger partial charge in [0.2, 0.25) is 5.78 Å². The molecule has 0 unspecified atom stereocenters. The van der Waals surface area contributed by atoms with Crippen molar-refractivity contribution in [3.05, 3.63) is 75.2 Å². The molecule has 0 saturated carbocycles. The Morgan fingerprint density at radius 3 is 2.45 bits per heavy atom. The molecule has 2 aromatic heterocycles. The first-order chi connectivity index (χ1) is 13.9. The molecule has 0 N–H and O–H groups in total. The molecule has 3 aromatic rings. The number of ketones is 1. The number of hydrogen-bond acceptors (Lipinski definition) is 5. The highest BCUT2D eigenvalue weighted by Crippen LogP contribution is 2.19. The van der Waals surface area contributed by atoms with E-state index in [1.165, 1.54) is 4.88 Å². The predicted octanol–water partition coefficient (Wildman–Crippen LogP) is 4.51. The van der Waals surface area contributed by atoms with Gasteiger partial charge in [-0.15, -0.1) is 11.3 Å². The lowest BCUT2D eigenvalue weighted by Gasteiger charge is -2.12. The van der Waals surface area contributed by atoms with Crippen molar-refractivity contribution in [3.63, 3.8) is 0 Å². The lowest BCUT2D eigenvalue weighted by molar-refractivity contribution is 0.0474. The number of ether oxygens (including phenoxy) is 1. The normalized spacial score (nSPS) is 10.8. The average molecular weight is 411 g/mol. The van der Waals surface area contributed by atoms with Gasteiger partial charge in [0.15, 0.2) is 6.61 Å². The van der Waals surface area contributed by atoms with E-state index < -0.39 is 5.97 Å². The quantitative estimate of drug-likeness (QED) is 0.405. The van der Waals surface area contributed by atoms with Gasteiger partial charge in [0.25, 0.3) is 0 Å². The molecule has 152 valence electrons. The van der Waals surface area contributed by atoms with E-state index in [0.29, 0.717) is 11.1 Å². The van der Waals surface area contributed by atoms with Crippen LogP contribution in [0.2, 0.25) is 0 Å². The van der Waals surface area contributed by atoms with Crippen molar-refractivity contribution in [1.82, 2.24) is 4.57 Å². The SMILES string of the molecule is Cc1cc(C(=O)COC(=O)c2ccc(N(C)C)cc2)c(C)n1CCc1cccs1. The fourth-order valence-corrected chi connectivity index (χ4v) is 3.99. The number of benzene rings is 1. The second-order valence-corrected chi connectivity index (χ2v) is 8.24. The van der Waals surface area contributed by atoms with Crippen molar-refractivity contribution in [2.75, 3.05) is 25.6 Å². The summed E-state index contributed by atoms with van der Waals surface area (Å²) in [6.07, 6.45) is 0.930. The van der Waals surface area contributed by atoms with Gasteiger partial charge >= 0.3 is 5.97 Å². The summed E-state index contributed by atoms with van der Waals surface area (Å²) in [4.78, 5) is 28.2. The minimum Gasteiger partial charge on any atom is -0.454 e. The van der Waals surface area contributed by atoms with Gasteiger partial charge < -0.3 is 14.2 Å². The van der Waals surface area contributed by atoms with Gasteiger partial charge in [-0.25, -0.2) is 4.79 Å². The Morgan fingerprint density at radius 1 is 1.10 bits per heavy atom. The van der Waals surface area contributed by atoms with Gasteiger partial charge in [-0.05, 0) is 62.0 Å². The van der Waals surface area contributed by atoms with Crippen LogP contribution in [0.3, 0.4) is 0 Å². The number of carbonyl (C=O) groups is 2. The summed E-state index contributed by atoms with van der Waals surface area (Å²) in [5, 5.41) is 2.07. The van der Waals surface area contributed by atoms with Crippen LogP contribution in [0, 0.1) is 13.8 Å². The Labute approximate surface area is 175 Å². The Hall–Kier alpha value is -2.86. The number of esters is 1. The fourth-order valence-electron chi connectivity index (χ4n) is 3.29. The van der Waals surface area contributed by atoms with Gasteiger partial charge in [0.05, 0.1) is 5.56 Å². The molecule has 0 atom stereocenters. The number of carbonyl (C=O) groups excluding carboxylic acids is 2. The highest BCUT2D eigenvalue weighted by molar-refractivity contribution is 7.09. The first-order valence-electron chi connectivity index (χ1n) is 9.53. The molecule has 1 aromatic carbocycles. The third-order valence-corrected chi connectivity index (χ3v) is 5.93. The number of thiophene rings is 1. The van der Waals surface area contributed by atoms with E-state index in [-0.39, 0.29) is 12.4 Å². The molecule has 2 heterocycles. The van der Waals surface area contributed by atoms with E-state index in [4.69, 9.17) is 4.74 Å². The second kappa shape index (κ2) is 9.09. The van der Waals surface area contributed by atoms with E-state index in [0.717, 1.165) is 30.0 Å². The maximum absolute atomic E-state index is 12.6. The van der Waals surface area contributed by atoms with Crippen LogP contribution in [0.15, 0.2) is 47.8 Å². The van der Waals surface area contributed by atoms with Crippen molar-refractivity contribution >= 4 is 28.8 Å². The summed E-state index contributed by atoms with van der Waals surface area (Å²) in [5.74, 6) is -0.672. The van der Waals surface area contributed by atoms with Crippen LogP contribution >= 0.6 is 11.3 Å². The van der Waals surface area contributed by atoms with E-state index >= 15 is 0 Å². The van der Waals surface area contributed by atoms with E-state index in [9.17, 15) is 9.59 Å². The Kier molecular flexibility index (Phi) is 6.54. The molecule has 6 heteroatoms. The van der Waals surface area contributed by atoms with Gasteiger partial charge in [-0.2, -0.15) is 0 Å². The molecular formula is C23H26N2O3S. The molecule has 0 bridgehead atoms. The van der Waals surface area contributed by atoms with Gasteiger partial charge in [0.1, 0.15) is 0 Å². The molecule has 0 aliphatic carbocycles. The van der Waals surface area contributed by atoms with E-state index in [1.807, 2.05) is 57.1 Å². The van der Waals surface area contributed by atoms with Crippen molar-refractivity contribution in [1.29, 1.82) is 0 Å². The van der Waals surface area contributed by atoms with E-state index in [1.54, 1.807) is 23.5 Å². The predicted molar refractivity (Wildman–Crippen MR) is 117 cm³/mol. The molecule has 0 saturated heterocycles. The van der Waals surface area contributed by atoms with Crippen LogP contribution in [0.1, 0.15) is 37.0 Å². The third kappa shape index (κ3) is 4.95. The first kappa shape index (κ1) is 20.9. The van der Waals surface area contributed by atoms with E-state index in [2.05, 4.69) is 16.0 Å². The number of hydrogen-bond donors (Lipinski definition) is 0. The molecule has 0 fully saturated rings. The van der Waals surface area contributed by atoms with Crippen LogP contribution in [0.4, 0.5) is 5.69 Å². The summed E-state index contributed by atoms with van der Waals surface area (Å²) >= 11 is 1.74. The maximum Gasteiger partial charge on any atom is 0.338 e. The van der Waals surface area contributed by atoms with Gasteiger partial charge in [0, 0.05) is 48.2 Å². The fraction of sp³-hybridized carbons (Fsp3) is 0.304. The van der Waals surface area contributed by atoms with Gasteiger partial charge in [-0.1, -0.05) is 6.07 Å². The third-order valence-electron chi connectivity index (χ3n) is 4.99. The smallest absolute Gasteiger partial charge is 0.338 e. The zero-order valence-electron chi connectivity index (χ0n) is 17.3. The highest BCUT2D eigenvalue weighted by Gasteiger charge is 2.18. The number of nitrogens with zero attached hydrogens (tertiary/aromatic N) is 2. The van der Waals surface area contributed by atoms with Crippen LogP contribution in [0.25, 0.3) is 0 Å². The van der Waals surface area contributed by atoms with Crippen LogP contribution in [-0.2, 0) is 17.7 Å². The molecule has 29 heavy (non-hydrogen) atoms. The van der Waals surface area contributed by atoms with Crippen LogP contribution in [-0.4, -0.2) is 37.0 Å². The molecule has 0 radical (unpaired) electrons. The number of aryl methyl sites for hydroxylation is 2. The minimum absolute atomic E-state index is 0.182. The first-order valence-corrected chi connectivity index (χ1v) is 10.4. The Bertz CT molecular complexity index is 986. The standard InChI is InChI=1S/C23H26N2O3S/c1-16-14-21(17(2)25(16)12-11-20-6-5-13-29-20)22(26)15-28-23(27)18-7-9-19(10-8-18)24(3)4/h5-10,13-14H,11-12,15H2,1-4H3. The lowest BCUT2D eigenvalue weighted by Crippen LogP contribution is -2.15. The number of rotatable bonds is 8. The monoisotopic (exact) mass is 410 g/mol. The van der Waals surface area contributed by atoms with Gasteiger partial charge in [-0.3, -0.25) is 4.79 Å². The van der Waals surface area contributed by atoms with Crippen molar-refractivity contribution in [2.24, 2.45) is 0 Å². The maximum atomic E-state index is 12.6. The molecule has 0 amide bonds. The molecule has 0 aliphatic heterocycles. The van der Waals surface area contributed by atoms with Crippen molar-refractivity contribution in [3.8, 4) is 0 Å². The van der Waals surface area contributed by atoms with Crippen LogP contribution in [0.5, 0.6) is 0 Å². The molecule has 5 nitrogen and oxygen atoms in total. The van der Waals surface area contributed by atoms with Crippen molar-refractivity contribution in [2.45, 2.75) is 26.8 Å². The number of anilines is 1. The largest absolute Gasteiger partial charge is 0.454 e. The topological polar surface area (TPSA) is 51.5 Å². The summed E-state index contributed by atoms with van der Waals surface area (Å²) in [7, 11) is 3.87. The minimum atomic E-state index is -0.491. The Balaban J connectivity index is 1.61. The summed E-state index contributed by atoms with van der Waals surface area (Å²) in [6, 6.07) is 13.2. The summed E-state index contributed by atoms with van der Waals surface area (Å²) < 4.78 is 7.41. The molecule has 0 aliphatic rings. The second-order valence-electron chi connectivity index (χ2n) is 7.21.